The first-order valence-corrected chi connectivity index (χ1v) is 8.61. The highest BCUT2D eigenvalue weighted by Gasteiger charge is 2.12. The smallest absolute Gasteiger partial charge is 0.287 e. The van der Waals surface area contributed by atoms with E-state index in [1.54, 1.807) is 12.3 Å². The van der Waals surface area contributed by atoms with Gasteiger partial charge in [-0.25, -0.2) is 4.98 Å². The van der Waals surface area contributed by atoms with Gasteiger partial charge in [0.15, 0.2) is 10.9 Å². The van der Waals surface area contributed by atoms with Crippen molar-refractivity contribution in [1.82, 2.24) is 10.3 Å². The maximum atomic E-state index is 11.9. The third kappa shape index (κ3) is 4.68. The van der Waals surface area contributed by atoms with Crippen LogP contribution in [0.4, 0.5) is 5.13 Å². The van der Waals surface area contributed by atoms with Gasteiger partial charge in [0.25, 0.3) is 5.91 Å². The van der Waals surface area contributed by atoms with E-state index in [0.29, 0.717) is 16.6 Å². The van der Waals surface area contributed by atoms with E-state index in [9.17, 15) is 9.59 Å². The lowest BCUT2D eigenvalue weighted by molar-refractivity contribution is -0.115. The predicted molar refractivity (Wildman–Crippen MR) is 96.0 cm³/mol. The largest absolute Gasteiger partial charge is 0.459 e. The second-order valence-electron chi connectivity index (χ2n) is 5.11. The van der Waals surface area contributed by atoms with Crippen molar-refractivity contribution in [2.24, 2.45) is 0 Å². The molecule has 0 saturated heterocycles. The summed E-state index contributed by atoms with van der Waals surface area (Å²) in [6, 6.07) is 10.7. The second kappa shape index (κ2) is 7.96. The van der Waals surface area contributed by atoms with Gasteiger partial charge in [-0.2, -0.15) is 0 Å². The minimum absolute atomic E-state index is 0.157. The van der Waals surface area contributed by atoms with Crippen molar-refractivity contribution in [3.05, 3.63) is 70.1 Å². The topological polar surface area (TPSA) is 84.2 Å². The third-order valence-electron chi connectivity index (χ3n) is 3.28. The van der Waals surface area contributed by atoms with Gasteiger partial charge in [0.2, 0.25) is 5.91 Å². The van der Waals surface area contributed by atoms with Gasteiger partial charge in [0, 0.05) is 22.5 Å². The monoisotopic (exact) mass is 375 g/mol. The van der Waals surface area contributed by atoms with Gasteiger partial charge in [-0.05, 0) is 23.8 Å². The highest BCUT2D eigenvalue weighted by molar-refractivity contribution is 7.15. The average Bonchev–Trinajstić information content (AvgIpc) is 3.27. The summed E-state index contributed by atoms with van der Waals surface area (Å²) in [4.78, 5) is 28.7. The number of thiazole rings is 1. The highest BCUT2D eigenvalue weighted by Crippen LogP contribution is 2.24. The molecule has 0 atom stereocenters. The number of hydrogen-bond acceptors (Lipinski definition) is 5. The summed E-state index contributed by atoms with van der Waals surface area (Å²) in [5.41, 5.74) is 0.997. The average molecular weight is 376 g/mol. The molecule has 0 radical (unpaired) electrons. The van der Waals surface area contributed by atoms with E-state index in [0.717, 1.165) is 10.4 Å². The standard InChI is InChI=1S/C17H14ClN3O3S/c18-13-5-2-1-4-11(13)8-12-9-20-17(25-12)21-15(22)10-19-16(23)14-6-3-7-24-14/h1-7,9H,8,10H2,(H,19,23)(H,20,21,22). The van der Waals surface area contributed by atoms with Crippen molar-refractivity contribution in [3.8, 4) is 0 Å². The first-order chi connectivity index (χ1) is 12.1. The molecule has 0 spiro atoms. The zero-order valence-electron chi connectivity index (χ0n) is 13.0. The lowest BCUT2D eigenvalue weighted by Gasteiger charge is -2.03. The van der Waals surface area contributed by atoms with Crippen LogP contribution in [0.3, 0.4) is 0 Å². The van der Waals surface area contributed by atoms with E-state index < -0.39 is 5.91 Å². The molecular formula is C17H14ClN3O3S. The number of benzene rings is 1. The van der Waals surface area contributed by atoms with Crippen LogP contribution < -0.4 is 10.6 Å². The van der Waals surface area contributed by atoms with E-state index in [-0.39, 0.29) is 18.2 Å². The fourth-order valence-electron chi connectivity index (χ4n) is 2.10. The molecule has 2 heterocycles. The van der Waals surface area contributed by atoms with Crippen molar-refractivity contribution in [3.63, 3.8) is 0 Å². The molecule has 25 heavy (non-hydrogen) atoms. The summed E-state index contributed by atoms with van der Waals surface area (Å²) >= 11 is 7.51. The zero-order valence-corrected chi connectivity index (χ0v) is 14.6. The van der Waals surface area contributed by atoms with Crippen LogP contribution in [0.2, 0.25) is 5.02 Å². The molecule has 0 aliphatic carbocycles. The van der Waals surface area contributed by atoms with E-state index in [1.165, 1.54) is 23.7 Å². The maximum absolute atomic E-state index is 11.9. The molecule has 6 nitrogen and oxygen atoms in total. The lowest BCUT2D eigenvalue weighted by atomic mass is 10.1. The minimum Gasteiger partial charge on any atom is -0.459 e. The van der Waals surface area contributed by atoms with Crippen LogP contribution in [0.1, 0.15) is 21.0 Å². The fraction of sp³-hybridized carbons (Fsp3) is 0.118. The van der Waals surface area contributed by atoms with Gasteiger partial charge in [-0.3, -0.25) is 9.59 Å². The Labute approximate surface area is 152 Å². The molecule has 0 aliphatic rings. The molecule has 2 aromatic heterocycles. The number of halogens is 1. The first-order valence-electron chi connectivity index (χ1n) is 7.41. The van der Waals surface area contributed by atoms with Gasteiger partial charge in [0.05, 0.1) is 12.8 Å². The lowest BCUT2D eigenvalue weighted by Crippen LogP contribution is -2.32. The fourth-order valence-corrected chi connectivity index (χ4v) is 3.15. The Balaban J connectivity index is 1.52. The zero-order chi connectivity index (χ0) is 17.6. The second-order valence-corrected chi connectivity index (χ2v) is 6.63. The molecule has 0 unspecified atom stereocenters. The number of anilines is 1. The van der Waals surface area contributed by atoms with Gasteiger partial charge in [0.1, 0.15) is 0 Å². The van der Waals surface area contributed by atoms with Crippen molar-refractivity contribution < 1.29 is 14.0 Å². The minimum atomic E-state index is -0.446. The molecular weight excluding hydrogens is 362 g/mol. The van der Waals surface area contributed by atoms with Crippen LogP contribution in [-0.2, 0) is 11.2 Å². The number of carbonyl (C=O) groups is 2. The Morgan fingerprint density at radius 3 is 2.80 bits per heavy atom. The summed E-state index contributed by atoms with van der Waals surface area (Å²) in [7, 11) is 0. The number of carbonyl (C=O) groups excluding carboxylic acids is 2. The predicted octanol–water partition coefficient (Wildman–Crippen LogP) is 3.35. The van der Waals surface area contributed by atoms with Crippen LogP contribution in [-0.4, -0.2) is 23.3 Å². The molecule has 0 aliphatic heterocycles. The van der Waals surface area contributed by atoms with Crippen molar-refractivity contribution in [1.29, 1.82) is 0 Å². The Kier molecular flexibility index (Phi) is 5.47. The number of furan rings is 1. The molecule has 3 rings (SSSR count). The Hall–Kier alpha value is -2.64. The Morgan fingerprint density at radius 2 is 2.04 bits per heavy atom. The molecule has 0 bridgehead atoms. The quantitative estimate of drug-likeness (QED) is 0.692. The number of hydrogen-bond donors (Lipinski definition) is 2. The summed E-state index contributed by atoms with van der Waals surface area (Å²) < 4.78 is 4.95. The van der Waals surface area contributed by atoms with Gasteiger partial charge in [-0.1, -0.05) is 29.8 Å². The number of rotatable bonds is 6. The third-order valence-corrected chi connectivity index (χ3v) is 4.56. The molecule has 0 fully saturated rings. The number of nitrogens with one attached hydrogen (secondary N) is 2. The van der Waals surface area contributed by atoms with Crippen LogP contribution in [0.5, 0.6) is 0 Å². The summed E-state index contributed by atoms with van der Waals surface area (Å²) in [5, 5.41) is 6.30. The van der Waals surface area contributed by atoms with Gasteiger partial charge < -0.3 is 15.1 Å². The molecule has 1 aromatic carbocycles. The van der Waals surface area contributed by atoms with E-state index in [2.05, 4.69) is 15.6 Å². The number of nitrogens with zero attached hydrogens (tertiary/aromatic N) is 1. The maximum Gasteiger partial charge on any atom is 0.287 e. The molecule has 3 aromatic rings. The van der Waals surface area contributed by atoms with E-state index in [1.807, 2.05) is 24.3 Å². The SMILES string of the molecule is O=C(CNC(=O)c1ccco1)Nc1ncc(Cc2ccccc2Cl)s1. The normalized spacial score (nSPS) is 10.4. The molecule has 2 amide bonds. The Bertz CT molecular complexity index is 877. The van der Waals surface area contributed by atoms with E-state index >= 15 is 0 Å². The van der Waals surface area contributed by atoms with E-state index in [4.69, 9.17) is 16.0 Å². The first kappa shape index (κ1) is 17.2. The van der Waals surface area contributed by atoms with Crippen LogP contribution in [0.25, 0.3) is 0 Å². The Morgan fingerprint density at radius 1 is 1.20 bits per heavy atom. The summed E-state index contributed by atoms with van der Waals surface area (Å²) in [6.07, 6.45) is 3.73. The van der Waals surface area contributed by atoms with Gasteiger partial charge >= 0.3 is 0 Å². The summed E-state index contributed by atoms with van der Waals surface area (Å²) in [5.74, 6) is -0.652. The van der Waals surface area contributed by atoms with Gasteiger partial charge in [-0.15, -0.1) is 11.3 Å². The van der Waals surface area contributed by atoms with Crippen molar-refractivity contribution >= 4 is 39.9 Å². The highest BCUT2D eigenvalue weighted by atomic mass is 35.5. The number of aromatic nitrogens is 1. The molecule has 8 heteroatoms. The van der Waals surface area contributed by atoms with Crippen molar-refractivity contribution in [2.75, 3.05) is 11.9 Å². The molecule has 0 saturated carbocycles. The number of amides is 2. The molecule has 128 valence electrons. The molecule has 2 N–H and O–H groups in total. The van der Waals surface area contributed by atoms with Crippen molar-refractivity contribution in [2.45, 2.75) is 6.42 Å². The van der Waals surface area contributed by atoms with Crippen LogP contribution in [0.15, 0.2) is 53.3 Å². The summed E-state index contributed by atoms with van der Waals surface area (Å²) in [6.45, 7) is -0.168. The van der Waals surface area contributed by atoms with Crippen LogP contribution in [0, 0.1) is 0 Å². The van der Waals surface area contributed by atoms with Crippen LogP contribution >= 0.6 is 22.9 Å².